The van der Waals surface area contributed by atoms with Crippen LogP contribution in [0.15, 0.2) is 63.0 Å². The number of hydrogen-bond donors (Lipinski definition) is 0. The Morgan fingerprint density at radius 3 is 1.89 bits per heavy atom. The Kier molecular flexibility index (Phi) is 5.64. The van der Waals surface area contributed by atoms with Crippen LogP contribution in [0.25, 0.3) is 0 Å². The van der Waals surface area contributed by atoms with E-state index in [1.807, 2.05) is 53.7 Å². The lowest BCUT2D eigenvalue weighted by Crippen LogP contribution is -2.28. The van der Waals surface area contributed by atoms with Crippen LogP contribution in [-0.4, -0.2) is 5.78 Å². The molecule has 0 unspecified atom stereocenters. The number of carbonyl (C=O) groups excluding carboxylic acids is 1. The van der Waals surface area contributed by atoms with Crippen LogP contribution in [0.5, 0.6) is 0 Å². The van der Waals surface area contributed by atoms with Gasteiger partial charge in [0.15, 0.2) is 11.6 Å². The van der Waals surface area contributed by atoms with E-state index in [-0.39, 0.29) is 22.3 Å². The molecule has 1 aliphatic rings. The summed E-state index contributed by atoms with van der Waals surface area (Å²) in [6, 6.07) is 3.14. The Morgan fingerprint density at radius 1 is 0.926 bits per heavy atom. The third-order valence-corrected chi connectivity index (χ3v) is 4.34. The molecule has 27 heavy (non-hydrogen) atoms. The van der Waals surface area contributed by atoms with Gasteiger partial charge >= 0.3 is 0 Å². The standard InChI is InChI=1S/C22H26F2N2O/c1-13(25-26-19-9-8-15(23)12-18(19)24)14-10-16(21(2,3)4)20(27)17(11-14)22(5,6)7/h8-12H,1-7H3. The number of benzene rings is 1. The van der Waals surface area contributed by atoms with Crippen LogP contribution in [0.4, 0.5) is 14.5 Å². The van der Waals surface area contributed by atoms with Crippen molar-refractivity contribution >= 4 is 11.5 Å². The van der Waals surface area contributed by atoms with Gasteiger partial charge < -0.3 is 0 Å². The zero-order valence-electron chi connectivity index (χ0n) is 16.9. The third kappa shape index (κ3) is 4.85. The van der Waals surface area contributed by atoms with Gasteiger partial charge in [0.1, 0.15) is 11.5 Å². The van der Waals surface area contributed by atoms with Crippen molar-refractivity contribution in [2.75, 3.05) is 0 Å². The van der Waals surface area contributed by atoms with Gasteiger partial charge in [-0.25, -0.2) is 8.78 Å². The molecule has 3 nitrogen and oxygen atoms in total. The van der Waals surface area contributed by atoms with E-state index in [1.165, 1.54) is 6.07 Å². The molecule has 0 heterocycles. The highest BCUT2D eigenvalue weighted by atomic mass is 19.1. The normalized spacial score (nSPS) is 15.9. The molecule has 144 valence electrons. The van der Waals surface area contributed by atoms with Crippen LogP contribution in [0.2, 0.25) is 0 Å². The number of azo groups is 1. The molecule has 0 aliphatic heterocycles. The van der Waals surface area contributed by atoms with Gasteiger partial charge in [0.05, 0.1) is 5.70 Å². The first-order valence-electron chi connectivity index (χ1n) is 8.87. The van der Waals surface area contributed by atoms with E-state index in [4.69, 9.17) is 0 Å². The van der Waals surface area contributed by atoms with E-state index < -0.39 is 11.6 Å². The summed E-state index contributed by atoms with van der Waals surface area (Å²) in [6.07, 6.45) is 3.65. The Labute approximate surface area is 159 Å². The van der Waals surface area contributed by atoms with Crippen LogP contribution in [0.3, 0.4) is 0 Å². The molecule has 0 saturated heterocycles. The number of hydrogen-bond acceptors (Lipinski definition) is 3. The molecule has 1 aromatic carbocycles. The average Bonchev–Trinajstić information content (AvgIpc) is 2.51. The van der Waals surface area contributed by atoms with Gasteiger partial charge in [-0.3, -0.25) is 4.79 Å². The summed E-state index contributed by atoms with van der Waals surface area (Å²) in [6.45, 7) is 13.7. The fourth-order valence-corrected chi connectivity index (χ4v) is 2.70. The number of nitrogens with zero attached hydrogens (tertiary/aromatic N) is 2. The molecule has 1 aliphatic carbocycles. The second kappa shape index (κ2) is 7.29. The fraction of sp³-hybridized carbons (Fsp3) is 0.409. The van der Waals surface area contributed by atoms with Crippen molar-refractivity contribution in [1.29, 1.82) is 0 Å². The molecule has 0 aromatic heterocycles. The number of rotatable bonds is 2. The molecule has 0 radical (unpaired) electrons. The quantitative estimate of drug-likeness (QED) is 0.523. The second-order valence-electron chi connectivity index (χ2n) is 8.78. The number of ketones is 1. The minimum Gasteiger partial charge on any atom is -0.289 e. The van der Waals surface area contributed by atoms with Crippen LogP contribution in [0, 0.1) is 22.5 Å². The van der Waals surface area contributed by atoms with E-state index in [0.29, 0.717) is 16.8 Å². The molecule has 1 aromatic rings. The highest BCUT2D eigenvalue weighted by Crippen LogP contribution is 2.39. The molecule has 0 N–H and O–H groups in total. The highest BCUT2D eigenvalue weighted by Gasteiger charge is 2.34. The van der Waals surface area contributed by atoms with Crippen molar-refractivity contribution in [3.8, 4) is 0 Å². The van der Waals surface area contributed by atoms with E-state index in [2.05, 4.69) is 10.2 Å². The van der Waals surface area contributed by atoms with Gasteiger partial charge in [-0.15, -0.1) is 5.11 Å². The Balaban J connectivity index is 2.54. The first kappa shape index (κ1) is 20.9. The van der Waals surface area contributed by atoms with Crippen molar-refractivity contribution in [2.45, 2.75) is 48.5 Å². The van der Waals surface area contributed by atoms with Crippen LogP contribution < -0.4 is 0 Å². The number of halogens is 2. The van der Waals surface area contributed by atoms with Gasteiger partial charge in [0, 0.05) is 17.2 Å². The zero-order chi connectivity index (χ0) is 20.6. The van der Waals surface area contributed by atoms with Crippen molar-refractivity contribution in [2.24, 2.45) is 21.1 Å². The van der Waals surface area contributed by atoms with Crippen LogP contribution in [0.1, 0.15) is 48.5 Å². The molecule has 0 atom stereocenters. The summed E-state index contributed by atoms with van der Waals surface area (Å²) < 4.78 is 26.8. The molecule has 5 heteroatoms. The topological polar surface area (TPSA) is 41.8 Å². The SMILES string of the molecule is CC(N=Nc1ccc(F)cc1F)=C1C=C(C(C)(C)C)C(=O)C(C(C)(C)C)=C1. The van der Waals surface area contributed by atoms with Gasteiger partial charge in [-0.2, -0.15) is 5.11 Å². The lowest BCUT2D eigenvalue weighted by Gasteiger charge is -2.31. The largest absolute Gasteiger partial charge is 0.289 e. The summed E-state index contributed by atoms with van der Waals surface area (Å²) in [4.78, 5) is 12.9. The first-order chi connectivity index (χ1) is 12.3. The molecule has 0 spiro atoms. The van der Waals surface area contributed by atoms with Gasteiger partial charge in [-0.1, -0.05) is 41.5 Å². The molecular weight excluding hydrogens is 346 g/mol. The molecule has 2 rings (SSSR count). The molecular formula is C22H26F2N2O. The minimum absolute atomic E-state index is 0.0352. The van der Waals surface area contributed by atoms with Crippen molar-refractivity contribution in [3.05, 3.63) is 64.4 Å². The maximum absolute atomic E-state index is 13.8. The minimum atomic E-state index is -0.771. The molecule has 0 fully saturated rings. The maximum Gasteiger partial charge on any atom is 0.186 e. The second-order valence-corrected chi connectivity index (χ2v) is 8.78. The summed E-state index contributed by atoms with van der Waals surface area (Å²) in [5.74, 6) is -1.40. The maximum atomic E-state index is 13.8. The summed E-state index contributed by atoms with van der Waals surface area (Å²) in [7, 11) is 0. The highest BCUT2D eigenvalue weighted by molar-refractivity contribution is 6.11. The third-order valence-electron chi connectivity index (χ3n) is 4.34. The Hall–Kier alpha value is -2.43. The summed E-state index contributed by atoms with van der Waals surface area (Å²) in [5, 5.41) is 8.01. The van der Waals surface area contributed by atoms with Gasteiger partial charge in [0.25, 0.3) is 0 Å². The smallest absolute Gasteiger partial charge is 0.186 e. The summed E-state index contributed by atoms with van der Waals surface area (Å²) >= 11 is 0. The number of Topliss-reactive ketones (excluding diaryl/α,β-unsaturated/α-hetero) is 1. The van der Waals surface area contributed by atoms with E-state index in [1.54, 1.807) is 6.92 Å². The Bertz CT molecular complexity index is 856. The first-order valence-corrected chi connectivity index (χ1v) is 8.87. The van der Waals surface area contributed by atoms with E-state index >= 15 is 0 Å². The Morgan fingerprint density at radius 2 is 1.44 bits per heavy atom. The van der Waals surface area contributed by atoms with Crippen molar-refractivity contribution in [3.63, 3.8) is 0 Å². The molecule has 0 saturated carbocycles. The molecule has 0 amide bonds. The van der Waals surface area contributed by atoms with E-state index in [9.17, 15) is 13.6 Å². The van der Waals surface area contributed by atoms with Gasteiger partial charge in [0.2, 0.25) is 0 Å². The zero-order valence-corrected chi connectivity index (χ0v) is 16.9. The van der Waals surface area contributed by atoms with Crippen molar-refractivity contribution in [1.82, 2.24) is 0 Å². The lowest BCUT2D eigenvalue weighted by molar-refractivity contribution is -0.114. The van der Waals surface area contributed by atoms with Crippen LogP contribution in [-0.2, 0) is 4.79 Å². The molecule has 0 bridgehead atoms. The van der Waals surface area contributed by atoms with Crippen molar-refractivity contribution < 1.29 is 13.6 Å². The fourth-order valence-electron chi connectivity index (χ4n) is 2.70. The number of allylic oxidation sites excluding steroid dienone is 6. The summed E-state index contributed by atoms with van der Waals surface area (Å²) in [5.41, 5.74) is 2.02. The predicted octanol–water partition coefficient (Wildman–Crippen LogP) is 6.85. The van der Waals surface area contributed by atoms with Crippen LogP contribution >= 0.6 is 0 Å². The number of carbonyl (C=O) groups is 1. The monoisotopic (exact) mass is 372 g/mol. The van der Waals surface area contributed by atoms with Gasteiger partial charge in [-0.05, 0) is 47.6 Å². The average molecular weight is 372 g/mol. The lowest BCUT2D eigenvalue weighted by atomic mass is 9.72. The predicted molar refractivity (Wildman–Crippen MR) is 104 cm³/mol. The van der Waals surface area contributed by atoms with E-state index in [0.717, 1.165) is 17.7 Å².